The van der Waals surface area contributed by atoms with E-state index >= 15 is 0 Å². The zero-order chi connectivity index (χ0) is 19.4. The molecule has 1 N–H and O–H groups in total. The molecule has 0 radical (unpaired) electrons. The zero-order valence-electron chi connectivity index (χ0n) is 15.9. The molecule has 26 heavy (non-hydrogen) atoms. The topological polar surface area (TPSA) is 76.0 Å². The van der Waals surface area contributed by atoms with Gasteiger partial charge in [-0.3, -0.25) is 0 Å². The van der Waals surface area contributed by atoms with Gasteiger partial charge in [-0.1, -0.05) is 32.9 Å². The van der Waals surface area contributed by atoms with Gasteiger partial charge < -0.3 is 9.84 Å². The highest BCUT2D eigenvalue weighted by Gasteiger charge is 2.18. The van der Waals surface area contributed by atoms with Gasteiger partial charge in [-0.05, 0) is 71.0 Å². The second-order valence-corrected chi connectivity index (χ2v) is 6.94. The molecule has 0 saturated carbocycles. The molecule has 0 heterocycles. The number of benzene rings is 2. The van der Waals surface area contributed by atoms with Gasteiger partial charge in [-0.2, -0.15) is 0 Å². The number of nitroso groups, excluding NO2 is 1. The molecule has 0 aromatic heterocycles. The molecule has 1 unspecified atom stereocenters. The van der Waals surface area contributed by atoms with Crippen molar-refractivity contribution in [1.82, 2.24) is 0 Å². The lowest BCUT2D eigenvalue weighted by Gasteiger charge is -2.21. The molecule has 2 aromatic rings. The van der Waals surface area contributed by atoms with E-state index in [0.29, 0.717) is 11.4 Å². The maximum atomic E-state index is 11.0. The number of carboxylic acid groups (broad SMARTS) is 1. The van der Waals surface area contributed by atoms with Crippen molar-refractivity contribution in [2.24, 2.45) is 5.18 Å². The summed E-state index contributed by atoms with van der Waals surface area (Å²) in [6, 6.07) is 9.52. The SMILES string of the molecule is Cc1cc(OCC(=O)O)cc(C)c1C(C)c1ccc(N=O)c(C(C)C)c1. The second-order valence-electron chi connectivity index (χ2n) is 6.94. The van der Waals surface area contributed by atoms with E-state index in [1.807, 2.05) is 45.9 Å². The number of hydrogen-bond donors (Lipinski definition) is 1. The number of ether oxygens (including phenoxy) is 1. The Morgan fingerprint density at radius 3 is 2.23 bits per heavy atom. The smallest absolute Gasteiger partial charge is 0.341 e. The number of aryl methyl sites for hydroxylation is 2. The van der Waals surface area contributed by atoms with Crippen LogP contribution in [0.5, 0.6) is 5.75 Å². The first kappa shape index (κ1) is 19.6. The van der Waals surface area contributed by atoms with E-state index in [9.17, 15) is 9.70 Å². The number of carbonyl (C=O) groups is 1. The molecule has 2 rings (SSSR count). The van der Waals surface area contributed by atoms with Gasteiger partial charge in [0.25, 0.3) is 0 Å². The van der Waals surface area contributed by atoms with Gasteiger partial charge in [0.2, 0.25) is 0 Å². The maximum absolute atomic E-state index is 11.0. The largest absolute Gasteiger partial charge is 0.482 e. The van der Waals surface area contributed by atoms with Crippen molar-refractivity contribution >= 4 is 11.7 Å². The van der Waals surface area contributed by atoms with E-state index in [2.05, 4.69) is 18.2 Å². The summed E-state index contributed by atoms with van der Waals surface area (Å²) in [6.07, 6.45) is 0. The molecule has 5 nitrogen and oxygen atoms in total. The Hall–Kier alpha value is -2.69. The minimum atomic E-state index is -0.997. The Bertz CT molecular complexity index is 804. The van der Waals surface area contributed by atoms with E-state index in [1.165, 1.54) is 5.56 Å². The molecule has 138 valence electrons. The number of carboxylic acids is 1. The van der Waals surface area contributed by atoms with Crippen LogP contribution in [0.1, 0.15) is 60.4 Å². The lowest BCUT2D eigenvalue weighted by atomic mass is 9.85. The fourth-order valence-corrected chi connectivity index (χ4v) is 3.40. The maximum Gasteiger partial charge on any atom is 0.341 e. The highest BCUT2D eigenvalue weighted by molar-refractivity contribution is 5.68. The first-order valence-corrected chi connectivity index (χ1v) is 8.67. The van der Waals surface area contributed by atoms with Crippen LogP contribution < -0.4 is 4.74 Å². The highest BCUT2D eigenvalue weighted by Crippen LogP contribution is 2.36. The molecule has 0 aliphatic rings. The Morgan fingerprint density at radius 2 is 1.73 bits per heavy atom. The summed E-state index contributed by atoms with van der Waals surface area (Å²) in [7, 11) is 0. The summed E-state index contributed by atoms with van der Waals surface area (Å²) in [5, 5.41) is 11.9. The minimum Gasteiger partial charge on any atom is -0.482 e. The molecule has 0 fully saturated rings. The van der Waals surface area contributed by atoms with Crippen LogP contribution in [0.2, 0.25) is 0 Å². The van der Waals surface area contributed by atoms with Crippen LogP contribution in [0.4, 0.5) is 5.69 Å². The van der Waals surface area contributed by atoms with Gasteiger partial charge >= 0.3 is 5.97 Å². The first-order valence-electron chi connectivity index (χ1n) is 8.67. The van der Waals surface area contributed by atoms with Crippen LogP contribution in [0, 0.1) is 18.8 Å². The van der Waals surface area contributed by atoms with Gasteiger partial charge in [-0.25, -0.2) is 4.79 Å². The van der Waals surface area contributed by atoms with Crippen molar-refractivity contribution in [2.75, 3.05) is 6.61 Å². The van der Waals surface area contributed by atoms with Crippen LogP contribution in [0.15, 0.2) is 35.5 Å². The third-order valence-electron chi connectivity index (χ3n) is 4.63. The summed E-state index contributed by atoms with van der Waals surface area (Å²) in [5.74, 6) is -0.102. The third-order valence-corrected chi connectivity index (χ3v) is 4.63. The Labute approximate surface area is 154 Å². The Kier molecular flexibility index (Phi) is 6.14. The number of rotatable bonds is 7. The Morgan fingerprint density at radius 1 is 1.12 bits per heavy atom. The van der Waals surface area contributed by atoms with Crippen molar-refractivity contribution in [1.29, 1.82) is 0 Å². The number of hydrogen-bond acceptors (Lipinski definition) is 4. The standard InChI is InChI=1S/C21H25NO4/c1-12(2)18-10-16(6-7-19(18)22-25)15(5)21-13(3)8-17(9-14(21)4)26-11-20(23)24/h6-10,12,15H,11H2,1-5H3,(H,23,24). The predicted molar refractivity (Wildman–Crippen MR) is 103 cm³/mol. The third kappa shape index (κ3) is 4.28. The molecule has 5 heteroatoms. The van der Waals surface area contributed by atoms with E-state index in [4.69, 9.17) is 9.84 Å². The lowest BCUT2D eigenvalue weighted by molar-refractivity contribution is -0.139. The summed E-state index contributed by atoms with van der Waals surface area (Å²) >= 11 is 0. The zero-order valence-corrected chi connectivity index (χ0v) is 15.9. The summed E-state index contributed by atoms with van der Waals surface area (Å²) < 4.78 is 5.30. The summed E-state index contributed by atoms with van der Waals surface area (Å²) in [5.41, 5.74) is 5.81. The molecule has 0 saturated heterocycles. The van der Waals surface area contributed by atoms with Gasteiger partial charge in [0.1, 0.15) is 11.4 Å². The van der Waals surface area contributed by atoms with E-state index in [1.54, 1.807) is 6.07 Å². The molecule has 0 aliphatic carbocycles. The normalized spacial score (nSPS) is 12.1. The van der Waals surface area contributed by atoms with Crippen molar-refractivity contribution in [3.8, 4) is 5.75 Å². The molecule has 0 bridgehead atoms. The molecule has 0 aliphatic heterocycles. The number of nitrogens with zero attached hydrogens (tertiary/aromatic N) is 1. The van der Waals surface area contributed by atoms with Crippen molar-refractivity contribution < 1.29 is 14.6 Å². The van der Waals surface area contributed by atoms with Crippen LogP contribution in [0.3, 0.4) is 0 Å². The minimum absolute atomic E-state index is 0.127. The molecule has 0 spiro atoms. The quantitative estimate of drug-likeness (QED) is 0.671. The monoisotopic (exact) mass is 355 g/mol. The predicted octanol–water partition coefficient (Wildman–Crippen LogP) is 5.44. The van der Waals surface area contributed by atoms with Crippen LogP contribution in [0.25, 0.3) is 0 Å². The molecule has 0 amide bonds. The van der Waals surface area contributed by atoms with E-state index in [0.717, 1.165) is 22.3 Å². The van der Waals surface area contributed by atoms with Crippen molar-refractivity contribution in [3.63, 3.8) is 0 Å². The second kappa shape index (κ2) is 8.13. The van der Waals surface area contributed by atoms with E-state index < -0.39 is 5.97 Å². The average Bonchev–Trinajstić information content (AvgIpc) is 2.58. The van der Waals surface area contributed by atoms with Gasteiger partial charge in [0, 0.05) is 5.92 Å². The molecular formula is C21H25NO4. The fraction of sp³-hybridized carbons (Fsp3) is 0.381. The Balaban J connectivity index is 2.40. The van der Waals surface area contributed by atoms with Gasteiger partial charge in [-0.15, -0.1) is 4.91 Å². The van der Waals surface area contributed by atoms with Gasteiger partial charge in [0.15, 0.2) is 6.61 Å². The average molecular weight is 355 g/mol. The van der Waals surface area contributed by atoms with Gasteiger partial charge in [0.05, 0.1) is 0 Å². The van der Waals surface area contributed by atoms with Crippen molar-refractivity contribution in [3.05, 3.63) is 63.1 Å². The summed E-state index contributed by atoms with van der Waals surface area (Å²) in [6.45, 7) is 9.85. The molecule has 1 atom stereocenters. The van der Waals surface area contributed by atoms with Crippen LogP contribution in [-0.4, -0.2) is 17.7 Å². The molecular weight excluding hydrogens is 330 g/mol. The highest BCUT2D eigenvalue weighted by atomic mass is 16.5. The van der Waals surface area contributed by atoms with Crippen LogP contribution in [-0.2, 0) is 4.79 Å². The first-order chi connectivity index (χ1) is 12.2. The van der Waals surface area contributed by atoms with E-state index in [-0.39, 0.29) is 18.4 Å². The number of aliphatic carboxylic acids is 1. The summed E-state index contributed by atoms with van der Waals surface area (Å²) in [4.78, 5) is 21.7. The lowest BCUT2D eigenvalue weighted by Crippen LogP contribution is -2.10. The fourth-order valence-electron chi connectivity index (χ4n) is 3.40. The van der Waals surface area contributed by atoms with Crippen molar-refractivity contribution in [2.45, 2.75) is 46.5 Å². The van der Waals surface area contributed by atoms with Crippen LogP contribution >= 0.6 is 0 Å². The molecule has 2 aromatic carbocycles.